The molecule has 5 heteroatoms. The van der Waals surface area contributed by atoms with E-state index in [-0.39, 0.29) is 5.56 Å². The summed E-state index contributed by atoms with van der Waals surface area (Å²) in [5.41, 5.74) is 0.442. The minimum absolute atomic E-state index is 0.0362. The van der Waals surface area contributed by atoms with Crippen molar-refractivity contribution >= 4 is 22.6 Å². The highest BCUT2D eigenvalue weighted by Gasteiger charge is 2.39. The first kappa shape index (κ1) is 16.9. The van der Waals surface area contributed by atoms with Gasteiger partial charge in [0.25, 0.3) is 5.56 Å². The lowest BCUT2D eigenvalue weighted by molar-refractivity contribution is -0.0649. The molecule has 1 heterocycles. The second-order valence-corrected chi connectivity index (χ2v) is 7.75. The van der Waals surface area contributed by atoms with Crippen molar-refractivity contribution in [1.29, 1.82) is 0 Å². The monoisotopic (exact) mass is 404 g/mol. The highest BCUT2D eigenvalue weighted by Crippen LogP contribution is 2.40. The van der Waals surface area contributed by atoms with E-state index in [4.69, 9.17) is 9.72 Å². The molecule has 1 saturated carbocycles. The molecule has 1 aliphatic rings. The molecule has 4 nitrogen and oxygen atoms in total. The summed E-state index contributed by atoms with van der Waals surface area (Å²) in [4.78, 5) is 20.0. The summed E-state index contributed by atoms with van der Waals surface area (Å²) in [6, 6.07) is 0. The zero-order valence-corrected chi connectivity index (χ0v) is 15.5. The maximum absolute atomic E-state index is 12.3. The van der Waals surface area contributed by atoms with Gasteiger partial charge in [-0.25, -0.2) is 4.98 Å². The van der Waals surface area contributed by atoms with Crippen molar-refractivity contribution in [2.45, 2.75) is 58.5 Å². The fourth-order valence-electron chi connectivity index (χ4n) is 3.24. The first-order valence-corrected chi connectivity index (χ1v) is 8.80. The Labute approximate surface area is 140 Å². The average molecular weight is 404 g/mol. The van der Waals surface area contributed by atoms with Crippen LogP contribution in [0.3, 0.4) is 0 Å². The number of nitrogens with one attached hydrogen (secondary N) is 1. The molecular formula is C16H25IN2O2. The number of rotatable bonds is 4. The van der Waals surface area contributed by atoms with Crippen LogP contribution in [0.4, 0.5) is 0 Å². The highest BCUT2D eigenvalue weighted by molar-refractivity contribution is 14.1. The fourth-order valence-corrected chi connectivity index (χ4v) is 3.72. The summed E-state index contributed by atoms with van der Waals surface area (Å²) >= 11 is 2.10. The van der Waals surface area contributed by atoms with E-state index in [1.54, 1.807) is 7.11 Å². The van der Waals surface area contributed by atoms with Gasteiger partial charge in [0.05, 0.1) is 9.26 Å². The molecule has 0 aliphatic heterocycles. The van der Waals surface area contributed by atoms with Crippen LogP contribution >= 0.6 is 22.6 Å². The number of aromatic amines is 1. The van der Waals surface area contributed by atoms with Crippen LogP contribution in [0, 0.1) is 15.4 Å². The smallest absolute Gasteiger partial charge is 0.264 e. The van der Waals surface area contributed by atoms with Gasteiger partial charge in [-0.05, 0) is 60.1 Å². The normalized spacial score (nSPS) is 26.3. The highest BCUT2D eigenvalue weighted by atomic mass is 127. The zero-order valence-electron chi connectivity index (χ0n) is 13.3. The first-order valence-electron chi connectivity index (χ1n) is 7.72. The number of nitrogens with zero attached hydrogens (tertiary/aromatic N) is 1. The second-order valence-electron chi connectivity index (χ2n) is 6.67. The first-order chi connectivity index (χ1) is 9.88. The van der Waals surface area contributed by atoms with Crippen LogP contribution in [0.25, 0.3) is 0 Å². The third kappa shape index (κ3) is 3.67. The van der Waals surface area contributed by atoms with E-state index < -0.39 is 5.60 Å². The average Bonchev–Trinajstić information content (AvgIpc) is 2.43. The summed E-state index contributed by atoms with van der Waals surface area (Å²) in [6.45, 7) is 6.54. The number of ether oxygens (including phenoxy) is 1. The third-order valence-corrected chi connectivity index (χ3v) is 5.42. The summed E-state index contributed by atoms with van der Waals surface area (Å²) in [7, 11) is 1.73. The van der Waals surface area contributed by atoms with Gasteiger partial charge in [-0.2, -0.15) is 0 Å². The van der Waals surface area contributed by atoms with Crippen LogP contribution in [0.2, 0.25) is 0 Å². The SMILES string of the molecule is COC1(c2nc(CC(C)C)c(I)c(=O)[nH]2)CCCC(C)C1. The minimum atomic E-state index is -0.424. The molecule has 21 heavy (non-hydrogen) atoms. The van der Waals surface area contributed by atoms with Gasteiger partial charge in [0.1, 0.15) is 11.4 Å². The Bertz CT molecular complexity index is 556. The Balaban J connectivity index is 2.46. The number of hydrogen-bond acceptors (Lipinski definition) is 3. The van der Waals surface area contributed by atoms with Crippen molar-refractivity contribution in [1.82, 2.24) is 9.97 Å². The van der Waals surface area contributed by atoms with Gasteiger partial charge in [-0.1, -0.05) is 27.2 Å². The van der Waals surface area contributed by atoms with Gasteiger partial charge in [-0.15, -0.1) is 0 Å². The summed E-state index contributed by atoms with van der Waals surface area (Å²) in [6.07, 6.45) is 5.01. The Kier molecular flexibility index (Phi) is 5.46. The molecule has 1 fully saturated rings. The van der Waals surface area contributed by atoms with Gasteiger partial charge in [-0.3, -0.25) is 4.79 Å². The predicted molar refractivity (Wildman–Crippen MR) is 92.4 cm³/mol. The molecule has 0 spiro atoms. The van der Waals surface area contributed by atoms with Crippen LogP contribution in [-0.4, -0.2) is 17.1 Å². The lowest BCUT2D eigenvalue weighted by atomic mass is 9.78. The zero-order chi connectivity index (χ0) is 15.6. The van der Waals surface area contributed by atoms with E-state index in [1.807, 2.05) is 0 Å². The van der Waals surface area contributed by atoms with Crippen molar-refractivity contribution in [3.05, 3.63) is 25.4 Å². The summed E-state index contributed by atoms with van der Waals surface area (Å²) in [5, 5.41) is 0. The van der Waals surface area contributed by atoms with Crippen molar-refractivity contribution in [2.75, 3.05) is 7.11 Å². The van der Waals surface area contributed by atoms with E-state index in [9.17, 15) is 4.79 Å². The molecule has 0 aromatic carbocycles. The minimum Gasteiger partial charge on any atom is -0.370 e. The maximum atomic E-state index is 12.3. The third-order valence-electron chi connectivity index (χ3n) is 4.31. The van der Waals surface area contributed by atoms with Gasteiger partial charge in [0, 0.05) is 7.11 Å². The quantitative estimate of drug-likeness (QED) is 0.780. The predicted octanol–water partition coefficient (Wildman–Crippen LogP) is 3.62. The molecule has 2 atom stereocenters. The van der Waals surface area contributed by atoms with Crippen LogP contribution < -0.4 is 5.56 Å². The van der Waals surface area contributed by atoms with Crippen LogP contribution in [0.15, 0.2) is 4.79 Å². The van der Waals surface area contributed by atoms with E-state index in [2.05, 4.69) is 48.3 Å². The molecule has 0 radical (unpaired) electrons. The van der Waals surface area contributed by atoms with Crippen molar-refractivity contribution in [3.8, 4) is 0 Å². The Hall–Kier alpha value is -0.430. The molecular weight excluding hydrogens is 379 g/mol. The van der Waals surface area contributed by atoms with Crippen LogP contribution in [0.5, 0.6) is 0 Å². The molecule has 118 valence electrons. The summed E-state index contributed by atoms with van der Waals surface area (Å²) in [5.74, 6) is 1.79. The number of hydrogen-bond donors (Lipinski definition) is 1. The molecule has 2 rings (SSSR count). The molecule has 0 saturated heterocycles. The lowest BCUT2D eigenvalue weighted by Gasteiger charge is -2.38. The fraction of sp³-hybridized carbons (Fsp3) is 0.750. The molecule has 2 unspecified atom stereocenters. The van der Waals surface area contributed by atoms with Crippen LogP contribution in [0.1, 0.15) is 58.0 Å². The number of halogens is 1. The molecule has 0 bridgehead atoms. The summed E-state index contributed by atoms with van der Waals surface area (Å²) < 4.78 is 6.56. The molecule has 1 aromatic rings. The Morgan fingerprint density at radius 1 is 1.52 bits per heavy atom. The largest absolute Gasteiger partial charge is 0.370 e. The molecule has 1 N–H and O–H groups in total. The van der Waals surface area contributed by atoms with Gasteiger partial charge >= 0.3 is 0 Å². The van der Waals surface area contributed by atoms with Crippen molar-refractivity contribution in [2.24, 2.45) is 11.8 Å². The molecule has 0 amide bonds. The Morgan fingerprint density at radius 2 is 2.24 bits per heavy atom. The van der Waals surface area contributed by atoms with Crippen LogP contribution in [-0.2, 0) is 16.8 Å². The second kappa shape index (κ2) is 6.77. The lowest BCUT2D eigenvalue weighted by Crippen LogP contribution is -2.38. The van der Waals surface area contributed by atoms with Gasteiger partial charge < -0.3 is 9.72 Å². The molecule has 1 aliphatic carbocycles. The maximum Gasteiger partial charge on any atom is 0.264 e. The van der Waals surface area contributed by atoms with Crippen molar-refractivity contribution < 1.29 is 4.74 Å². The van der Waals surface area contributed by atoms with Crippen molar-refractivity contribution in [3.63, 3.8) is 0 Å². The number of H-pyrrole nitrogens is 1. The molecule has 1 aromatic heterocycles. The Morgan fingerprint density at radius 3 is 2.81 bits per heavy atom. The number of aromatic nitrogens is 2. The topological polar surface area (TPSA) is 55.0 Å². The van der Waals surface area contributed by atoms with E-state index in [0.717, 1.165) is 37.2 Å². The van der Waals surface area contributed by atoms with E-state index in [0.29, 0.717) is 15.4 Å². The number of methoxy groups -OCH3 is 1. The standard InChI is InChI=1S/C16H25IN2O2/c1-10(2)8-12-13(17)14(20)19-15(18-12)16(21-4)7-5-6-11(3)9-16/h10-11H,5-9H2,1-4H3,(H,18,19,20). The van der Waals surface area contributed by atoms with E-state index in [1.165, 1.54) is 6.42 Å². The van der Waals surface area contributed by atoms with Gasteiger partial charge in [0.2, 0.25) is 0 Å². The van der Waals surface area contributed by atoms with Gasteiger partial charge in [0.15, 0.2) is 0 Å². The van der Waals surface area contributed by atoms with E-state index >= 15 is 0 Å².